The summed E-state index contributed by atoms with van der Waals surface area (Å²) in [4.78, 5) is 9.26. The van der Waals surface area contributed by atoms with E-state index in [1.165, 1.54) is 7.11 Å². The normalized spacial score (nSPS) is 20.6. The Morgan fingerprint density at radius 3 is 2.62 bits per heavy atom. The molecule has 2 heterocycles. The Morgan fingerprint density at radius 2 is 2.00 bits per heavy atom. The lowest BCUT2D eigenvalue weighted by molar-refractivity contribution is -0.0567. The zero-order chi connectivity index (χ0) is 20.7. The number of hydrogen-bond acceptors (Lipinski definition) is 5. The van der Waals surface area contributed by atoms with Gasteiger partial charge in [-0.15, -0.1) is 0 Å². The van der Waals surface area contributed by atoms with E-state index in [1.54, 1.807) is 12.1 Å². The molecule has 2 aliphatic rings. The highest BCUT2D eigenvalue weighted by atomic mass is 19.1. The molecule has 0 radical (unpaired) electrons. The maximum atomic E-state index is 13.9. The van der Waals surface area contributed by atoms with Gasteiger partial charge in [0, 0.05) is 65.3 Å². The highest BCUT2D eigenvalue weighted by molar-refractivity contribution is 5.80. The van der Waals surface area contributed by atoms with Crippen LogP contribution in [0.25, 0.3) is 0 Å². The molecule has 2 N–H and O–H groups in total. The number of ether oxygens (including phenoxy) is 2. The van der Waals surface area contributed by atoms with Gasteiger partial charge >= 0.3 is 0 Å². The van der Waals surface area contributed by atoms with E-state index < -0.39 is 5.60 Å². The number of piperazine rings is 1. The second kappa shape index (κ2) is 10.2. The van der Waals surface area contributed by atoms with Gasteiger partial charge in [-0.1, -0.05) is 6.07 Å². The molecule has 3 rings (SSSR count). The van der Waals surface area contributed by atoms with Crippen molar-refractivity contribution in [1.82, 2.24) is 15.1 Å². The maximum Gasteiger partial charge on any atom is 0.194 e. The van der Waals surface area contributed by atoms with Gasteiger partial charge in [0.2, 0.25) is 0 Å². The Hall–Kier alpha value is -1.90. The third kappa shape index (κ3) is 6.04. The Morgan fingerprint density at radius 1 is 1.28 bits per heavy atom. The molecule has 8 heteroatoms. The number of aliphatic hydroxyl groups is 1. The van der Waals surface area contributed by atoms with Crippen LogP contribution in [0.3, 0.4) is 0 Å². The van der Waals surface area contributed by atoms with Gasteiger partial charge in [0.1, 0.15) is 0 Å². The first-order chi connectivity index (χ1) is 14.0. The number of aliphatic imine (C=N–C) groups is 1. The van der Waals surface area contributed by atoms with E-state index in [-0.39, 0.29) is 11.6 Å². The summed E-state index contributed by atoms with van der Waals surface area (Å²) >= 11 is 0. The Labute approximate surface area is 172 Å². The van der Waals surface area contributed by atoms with E-state index in [0.29, 0.717) is 39.1 Å². The molecule has 1 aromatic rings. The molecule has 0 aromatic heterocycles. The van der Waals surface area contributed by atoms with E-state index >= 15 is 0 Å². The van der Waals surface area contributed by atoms with Crippen LogP contribution >= 0.6 is 0 Å². The van der Waals surface area contributed by atoms with Gasteiger partial charge in [0.15, 0.2) is 17.5 Å². The number of rotatable bonds is 6. The fourth-order valence-corrected chi connectivity index (χ4v) is 3.74. The molecule has 162 valence electrons. The molecule has 2 fully saturated rings. The van der Waals surface area contributed by atoms with Crippen LogP contribution in [0.2, 0.25) is 0 Å². The number of benzene rings is 1. The Bertz CT molecular complexity index is 687. The lowest BCUT2D eigenvalue weighted by Gasteiger charge is -2.37. The molecule has 2 aliphatic heterocycles. The fourth-order valence-electron chi connectivity index (χ4n) is 3.74. The van der Waals surface area contributed by atoms with Gasteiger partial charge in [0.05, 0.1) is 19.3 Å². The summed E-state index contributed by atoms with van der Waals surface area (Å²) in [6.07, 6.45) is 1.25. The van der Waals surface area contributed by atoms with Crippen molar-refractivity contribution < 1.29 is 19.0 Å². The highest BCUT2D eigenvalue weighted by Crippen LogP contribution is 2.21. The van der Waals surface area contributed by atoms with Crippen LogP contribution in [-0.4, -0.2) is 86.1 Å². The van der Waals surface area contributed by atoms with Crippen LogP contribution in [-0.2, 0) is 11.3 Å². The molecule has 7 nitrogen and oxygen atoms in total. The molecule has 0 saturated carbocycles. The molecule has 0 bridgehead atoms. The first-order valence-corrected chi connectivity index (χ1v) is 10.4. The van der Waals surface area contributed by atoms with Crippen LogP contribution in [0.4, 0.5) is 4.39 Å². The largest absolute Gasteiger partial charge is 0.494 e. The summed E-state index contributed by atoms with van der Waals surface area (Å²) in [5.41, 5.74) is 0.179. The lowest BCUT2D eigenvalue weighted by Crippen LogP contribution is -2.52. The molecule has 0 aliphatic carbocycles. The van der Waals surface area contributed by atoms with Crippen LogP contribution in [0, 0.1) is 5.82 Å². The smallest absolute Gasteiger partial charge is 0.194 e. The first kappa shape index (κ1) is 21.8. The van der Waals surface area contributed by atoms with Crippen molar-refractivity contribution in [3.63, 3.8) is 0 Å². The average molecular weight is 409 g/mol. The van der Waals surface area contributed by atoms with Crippen molar-refractivity contribution in [1.29, 1.82) is 0 Å². The third-order valence-electron chi connectivity index (χ3n) is 5.58. The minimum Gasteiger partial charge on any atom is -0.494 e. The quantitative estimate of drug-likeness (QED) is 0.549. The van der Waals surface area contributed by atoms with Crippen LogP contribution in [0.1, 0.15) is 25.3 Å². The third-order valence-corrected chi connectivity index (χ3v) is 5.58. The summed E-state index contributed by atoms with van der Waals surface area (Å²) < 4.78 is 24.3. The van der Waals surface area contributed by atoms with Crippen molar-refractivity contribution in [3.8, 4) is 5.75 Å². The summed E-state index contributed by atoms with van der Waals surface area (Å²) in [5.74, 6) is 0.801. The SMILES string of the molecule is CCNC(=NCC1(O)CCOCC1)N1CCN(Cc2ccc(OC)c(F)c2)CC1. The van der Waals surface area contributed by atoms with Gasteiger partial charge in [-0.2, -0.15) is 0 Å². The van der Waals surface area contributed by atoms with E-state index in [4.69, 9.17) is 14.5 Å². The van der Waals surface area contributed by atoms with Crippen molar-refractivity contribution in [2.45, 2.75) is 31.9 Å². The average Bonchev–Trinajstić information content (AvgIpc) is 2.72. The molecule has 29 heavy (non-hydrogen) atoms. The molecular weight excluding hydrogens is 375 g/mol. The maximum absolute atomic E-state index is 13.9. The fraction of sp³-hybridized carbons (Fsp3) is 0.667. The van der Waals surface area contributed by atoms with Gasteiger partial charge in [-0.05, 0) is 24.6 Å². The van der Waals surface area contributed by atoms with E-state index in [0.717, 1.165) is 44.2 Å². The van der Waals surface area contributed by atoms with Crippen LogP contribution in [0.5, 0.6) is 5.75 Å². The van der Waals surface area contributed by atoms with E-state index in [1.807, 2.05) is 13.0 Å². The first-order valence-electron chi connectivity index (χ1n) is 10.4. The minimum absolute atomic E-state index is 0.274. The van der Waals surface area contributed by atoms with Crippen LogP contribution in [0.15, 0.2) is 23.2 Å². The highest BCUT2D eigenvalue weighted by Gasteiger charge is 2.30. The Kier molecular flexibility index (Phi) is 7.69. The number of halogens is 1. The number of nitrogens with one attached hydrogen (secondary N) is 1. The van der Waals surface area contributed by atoms with Crippen molar-refractivity contribution in [3.05, 3.63) is 29.6 Å². The minimum atomic E-state index is -0.765. The summed E-state index contributed by atoms with van der Waals surface area (Å²) in [6.45, 7) is 8.54. The van der Waals surface area contributed by atoms with E-state index in [2.05, 4.69) is 15.1 Å². The monoisotopic (exact) mass is 408 g/mol. The second-order valence-corrected chi connectivity index (χ2v) is 7.74. The predicted molar refractivity (Wildman–Crippen MR) is 111 cm³/mol. The Balaban J connectivity index is 1.54. The predicted octanol–water partition coefficient (Wildman–Crippen LogP) is 1.46. The number of nitrogens with zero attached hydrogens (tertiary/aromatic N) is 3. The van der Waals surface area contributed by atoms with Gasteiger partial charge in [-0.25, -0.2) is 4.39 Å². The topological polar surface area (TPSA) is 69.6 Å². The second-order valence-electron chi connectivity index (χ2n) is 7.74. The van der Waals surface area contributed by atoms with Crippen LogP contribution < -0.4 is 10.1 Å². The molecule has 0 atom stereocenters. The van der Waals surface area contributed by atoms with Crippen molar-refractivity contribution in [2.24, 2.45) is 4.99 Å². The molecule has 0 unspecified atom stereocenters. The van der Waals surface area contributed by atoms with Gasteiger partial charge in [-0.3, -0.25) is 9.89 Å². The van der Waals surface area contributed by atoms with Gasteiger partial charge in [0.25, 0.3) is 0 Å². The zero-order valence-electron chi connectivity index (χ0n) is 17.5. The summed E-state index contributed by atoms with van der Waals surface area (Å²) in [7, 11) is 1.47. The van der Waals surface area contributed by atoms with Gasteiger partial charge < -0.3 is 24.8 Å². The number of guanidine groups is 1. The molecular formula is C21H33FN4O3. The molecule has 0 spiro atoms. The lowest BCUT2D eigenvalue weighted by atomic mass is 9.95. The van der Waals surface area contributed by atoms with Crippen molar-refractivity contribution in [2.75, 3.05) is 59.6 Å². The summed E-state index contributed by atoms with van der Waals surface area (Å²) in [5, 5.41) is 14.0. The molecule has 1 aromatic carbocycles. The molecule has 2 saturated heterocycles. The number of hydrogen-bond donors (Lipinski definition) is 2. The molecule has 0 amide bonds. The standard InChI is InChI=1S/C21H33FN4O3/c1-3-23-20(24-16-21(27)6-12-29-13-7-21)26-10-8-25(9-11-26)15-17-4-5-19(28-2)18(22)14-17/h4-5,14,27H,3,6-13,15-16H2,1-2H3,(H,23,24). The summed E-state index contributed by atoms with van der Waals surface area (Å²) in [6, 6.07) is 5.14. The van der Waals surface area contributed by atoms with E-state index in [9.17, 15) is 9.50 Å². The number of methoxy groups -OCH3 is 1. The zero-order valence-corrected chi connectivity index (χ0v) is 17.5. The van der Waals surface area contributed by atoms with Crippen molar-refractivity contribution >= 4 is 5.96 Å².